The van der Waals surface area contributed by atoms with Crippen molar-refractivity contribution in [3.63, 3.8) is 0 Å². The minimum atomic E-state index is -4.81. The number of rotatable bonds is 7. The van der Waals surface area contributed by atoms with Gasteiger partial charge in [0, 0.05) is 22.0 Å². The highest BCUT2D eigenvalue weighted by molar-refractivity contribution is 8.04. The Kier molecular flexibility index (Phi) is 11.0. The van der Waals surface area contributed by atoms with Gasteiger partial charge in [0.2, 0.25) is 0 Å². The first-order valence-electron chi connectivity index (χ1n) is 6.62. The SMILES string of the molecule is CCN(CC)CC.O=S(=O)(OSc1ccc(Cl)cc1)C(F)F. The third kappa shape index (κ3) is 8.89. The number of hydrogen-bond acceptors (Lipinski definition) is 5. The van der Waals surface area contributed by atoms with Crippen LogP contribution in [0.4, 0.5) is 8.78 Å². The normalized spacial score (nSPS) is 11.5. The van der Waals surface area contributed by atoms with Crippen LogP contribution in [-0.2, 0) is 13.7 Å². The summed E-state index contributed by atoms with van der Waals surface area (Å²) in [5, 5.41) is 0.455. The fourth-order valence-corrected chi connectivity index (χ4v) is 2.58. The first-order chi connectivity index (χ1) is 10.3. The van der Waals surface area contributed by atoms with Crippen molar-refractivity contribution in [2.24, 2.45) is 0 Å². The van der Waals surface area contributed by atoms with Gasteiger partial charge in [-0.15, -0.1) is 0 Å². The molecule has 0 radical (unpaired) electrons. The molecule has 0 atom stereocenters. The monoisotopic (exact) mass is 375 g/mol. The molecule has 0 unspecified atom stereocenters. The molecule has 0 saturated heterocycles. The van der Waals surface area contributed by atoms with E-state index < -0.39 is 15.9 Å². The van der Waals surface area contributed by atoms with E-state index in [0.29, 0.717) is 22.0 Å². The number of nitrogens with zero attached hydrogens (tertiary/aromatic N) is 1. The summed E-state index contributed by atoms with van der Waals surface area (Å²) in [4.78, 5) is 2.74. The average molecular weight is 376 g/mol. The Balaban J connectivity index is 0.000000534. The maximum Gasteiger partial charge on any atom is 0.362 e. The van der Waals surface area contributed by atoms with Crippen LogP contribution in [0.15, 0.2) is 29.2 Å². The van der Waals surface area contributed by atoms with Crippen molar-refractivity contribution in [1.29, 1.82) is 0 Å². The third-order valence-corrected chi connectivity index (χ3v) is 4.78. The number of benzene rings is 1. The molecule has 0 fully saturated rings. The van der Waals surface area contributed by atoms with Gasteiger partial charge in [-0.05, 0) is 43.9 Å². The Morgan fingerprint density at radius 1 is 1.14 bits per heavy atom. The van der Waals surface area contributed by atoms with Gasteiger partial charge in [0.05, 0.1) is 0 Å². The zero-order valence-electron chi connectivity index (χ0n) is 12.6. The molecule has 0 saturated carbocycles. The summed E-state index contributed by atoms with van der Waals surface area (Å²) in [5.74, 6) is -3.54. The van der Waals surface area contributed by atoms with Crippen LogP contribution in [0.1, 0.15) is 20.8 Å². The minimum absolute atomic E-state index is 0.338. The molecule has 0 aromatic heterocycles. The quantitative estimate of drug-likeness (QED) is 0.666. The van der Waals surface area contributed by atoms with E-state index in [2.05, 4.69) is 29.3 Å². The van der Waals surface area contributed by atoms with Crippen LogP contribution in [0.25, 0.3) is 0 Å². The standard InChI is InChI=1S/C7H5ClF2O3S2.C6H15N/c8-5-1-3-6(4-2-5)14-13-15(11,12)7(9)10;1-4-7(5-2)6-3/h1-4,7H;4-6H2,1-3H3. The van der Waals surface area contributed by atoms with Crippen LogP contribution in [0.2, 0.25) is 5.02 Å². The lowest BCUT2D eigenvalue weighted by atomic mass is 10.4. The van der Waals surface area contributed by atoms with Crippen molar-refractivity contribution >= 4 is 33.8 Å². The lowest BCUT2D eigenvalue weighted by molar-refractivity contribution is 0.222. The molecular formula is C13H20ClF2NO3S2. The molecule has 1 aromatic rings. The lowest BCUT2D eigenvalue weighted by Gasteiger charge is -2.13. The summed E-state index contributed by atoms with van der Waals surface area (Å²) in [5.41, 5.74) is 0. The zero-order valence-corrected chi connectivity index (χ0v) is 15.0. The predicted octanol–water partition coefficient (Wildman–Crippen LogP) is 4.26. The molecule has 0 aliphatic carbocycles. The van der Waals surface area contributed by atoms with Crippen LogP contribution in [0.3, 0.4) is 0 Å². The van der Waals surface area contributed by atoms with Gasteiger partial charge >= 0.3 is 15.9 Å². The third-order valence-electron chi connectivity index (χ3n) is 2.60. The Hall–Kier alpha value is -0.410. The molecule has 0 spiro atoms. The van der Waals surface area contributed by atoms with Crippen molar-refractivity contribution in [3.8, 4) is 0 Å². The molecule has 22 heavy (non-hydrogen) atoms. The van der Waals surface area contributed by atoms with Gasteiger partial charge in [-0.25, -0.2) is 0 Å². The molecule has 0 N–H and O–H groups in total. The van der Waals surface area contributed by atoms with Crippen molar-refractivity contribution in [1.82, 2.24) is 4.90 Å². The molecule has 0 aliphatic rings. The van der Waals surface area contributed by atoms with E-state index in [1.165, 1.54) is 43.9 Å². The predicted molar refractivity (Wildman–Crippen MR) is 86.8 cm³/mol. The van der Waals surface area contributed by atoms with Crippen LogP contribution in [-0.4, -0.2) is 38.7 Å². The number of hydrogen-bond donors (Lipinski definition) is 0. The van der Waals surface area contributed by atoms with Crippen LogP contribution in [0, 0.1) is 0 Å². The summed E-state index contributed by atoms with van der Waals surface area (Å²) in [6, 6.07) is 5.88. The van der Waals surface area contributed by atoms with Gasteiger partial charge in [-0.2, -0.15) is 20.8 Å². The number of alkyl halides is 2. The molecule has 0 bridgehead atoms. The number of halogens is 3. The molecule has 0 amide bonds. The summed E-state index contributed by atoms with van der Waals surface area (Å²) in [6.07, 6.45) is 0. The summed E-state index contributed by atoms with van der Waals surface area (Å²) in [6.45, 7) is 10.1. The van der Waals surface area contributed by atoms with Crippen LogP contribution >= 0.6 is 23.6 Å². The topological polar surface area (TPSA) is 46.6 Å². The van der Waals surface area contributed by atoms with Gasteiger partial charge < -0.3 is 4.90 Å². The fraction of sp³-hybridized carbons (Fsp3) is 0.538. The van der Waals surface area contributed by atoms with Gasteiger partial charge in [0.15, 0.2) is 0 Å². The van der Waals surface area contributed by atoms with E-state index in [0.717, 1.165) is 0 Å². The van der Waals surface area contributed by atoms with Crippen molar-refractivity contribution in [2.45, 2.75) is 31.4 Å². The van der Waals surface area contributed by atoms with Crippen LogP contribution < -0.4 is 0 Å². The summed E-state index contributed by atoms with van der Waals surface area (Å²) in [7, 11) is -4.81. The highest BCUT2D eigenvalue weighted by atomic mass is 35.5. The van der Waals surface area contributed by atoms with E-state index in [1.54, 1.807) is 0 Å². The molecule has 9 heteroatoms. The molecular weight excluding hydrogens is 356 g/mol. The Morgan fingerprint density at radius 3 is 1.91 bits per heavy atom. The molecule has 1 rings (SSSR count). The van der Waals surface area contributed by atoms with Gasteiger partial charge in [0.25, 0.3) is 0 Å². The van der Waals surface area contributed by atoms with Crippen molar-refractivity contribution in [3.05, 3.63) is 29.3 Å². The van der Waals surface area contributed by atoms with Crippen molar-refractivity contribution in [2.75, 3.05) is 19.6 Å². The second-order valence-corrected chi connectivity index (χ2v) is 6.94. The van der Waals surface area contributed by atoms with E-state index in [1.807, 2.05) is 0 Å². The first-order valence-corrected chi connectivity index (χ1v) is 9.21. The summed E-state index contributed by atoms with van der Waals surface area (Å²) >= 11 is 5.90. The molecule has 0 aliphatic heterocycles. The van der Waals surface area contributed by atoms with Crippen molar-refractivity contribution < 1.29 is 20.8 Å². The van der Waals surface area contributed by atoms with E-state index in [4.69, 9.17) is 11.6 Å². The second kappa shape index (κ2) is 11.2. The van der Waals surface area contributed by atoms with Crippen LogP contribution in [0.5, 0.6) is 0 Å². The van der Waals surface area contributed by atoms with Gasteiger partial charge in [-0.1, -0.05) is 32.4 Å². The largest absolute Gasteiger partial charge is 0.362 e. The zero-order chi connectivity index (χ0) is 17.2. The van der Waals surface area contributed by atoms with Gasteiger partial charge in [-0.3, -0.25) is 0 Å². The maximum absolute atomic E-state index is 11.8. The molecule has 4 nitrogen and oxygen atoms in total. The Labute approximate surface area is 140 Å². The molecule has 128 valence electrons. The Bertz CT molecular complexity index is 503. The highest BCUT2D eigenvalue weighted by Gasteiger charge is 2.25. The first kappa shape index (κ1) is 21.6. The van der Waals surface area contributed by atoms with Gasteiger partial charge in [0.1, 0.15) is 0 Å². The maximum atomic E-state index is 11.8. The Morgan fingerprint density at radius 2 is 1.59 bits per heavy atom. The molecule has 1 aromatic carbocycles. The average Bonchev–Trinajstić information content (AvgIpc) is 2.49. The van der Waals surface area contributed by atoms with E-state index >= 15 is 0 Å². The summed E-state index contributed by atoms with van der Waals surface area (Å²) < 4.78 is 48.8. The van der Waals surface area contributed by atoms with E-state index in [9.17, 15) is 17.2 Å². The highest BCUT2D eigenvalue weighted by Crippen LogP contribution is 2.25. The minimum Gasteiger partial charge on any atom is -0.304 e. The lowest BCUT2D eigenvalue weighted by Crippen LogP contribution is -2.21. The molecule has 0 heterocycles. The van der Waals surface area contributed by atoms with E-state index in [-0.39, 0.29) is 0 Å². The fourth-order valence-electron chi connectivity index (χ4n) is 1.28. The second-order valence-electron chi connectivity index (χ2n) is 3.98. The smallest absolute Gasteiger partial charge is 0.304 e.